The van der Waals surface area contributed by atoms with E-state index in [0.29, 0.717) is 17.2 Å². The lowest BCUT2D eigenvalue weighted by Crippen LogP contribution is -2.41. The SMILES string of the molecule is O=C(Oc1ccc2c(c1)[C@@H]1C=CC[C@H]1[C@H](C(=O)O)N2)c1ccc(Cl)cc1Cl. The Morgan fingerprint density at radius 2 is 1.96 bits per heavy atom. The lowest BCUT2D eigenvalue weighted by molar-refractivity contribution is -0.139. The van der Waals surface area contributed by atoms with Gasteiger partial charge in [-0.2, -0.15) is 0 Å². The largest absolute Gasteiger partial charge is 0.480 e. The molecule has 0 spiro atoms. The summed E-state index contributed by atoms with van der Waals surface area (Å²) < 4.78 is 5.48. The molecule has 1 heterocycles. The monoisotopic (exact) mass is 403 g/mol. The minimum absolute atomic E-state index is 0.0277. The van der Waals surface area contributed by atoms with E-state index in [-0.39, 0.29) is 22.4 Å². The van der Waals surface area contributed by atoms with Gasteiger partial charge in [-0.1, -0.05) is 35.4 Å². The molecule has 2 aromatic carbocycles. The van der Waals surface area contributed by atoms with Gasteiger partial charge in [0.05, 0.1) is 10.6 Å². The fourth-order valence-electron chi connectivity index (χ4n) is 3.70. The Morgan fingerprint density at radius 3 is 2.70 bits per heavy atom. The number of hydrogen-bond acceptors (Lipinski definition) is 4. The summed E-state index contributed by atoms with van der Waals surface area (Å²) in [5.74, 6) is -1.17. The number of anilines is 1. The lowest BCUT2D eigenvalue weighted by atomic mass is 9.79. The zero-order valence-electron chi connectivity index (χ0n) is 14.0. The van der Waals surface area contributed by atoms with E-state index in [2.05, 4.69) is 5.32 Å². The zero-order valence-corrected chi connectivity index (χ0v) is 15.5. The standard InChI is InChI=1S/C20H15Cl2NO4/c21-10-4-6-14(16(22)8-10)20(26)27-11-5-7-17-15(9-11)12-2-1-3-13(12)18(23-17)19(24)25/h1-2,4-9,12-13,18,23H,3H2,(H,24,25)/t12-,13-,18-/m1/s1. The smallest absolute Gasteiger partial charge is 0.345 e. The topological polar surface area (TPSA) is 75.6 Å². The minimum atomic E-state index is -0.868. The maximum absolute atomic E-state index is 12.4. The van der Waals surface area contributed by atoms with E-state index in [9.17, 15) is 14.7 Å². The van der Waals surface area contributed by atoms with Gasteiger partial charge in [-0.3, -0.25) is 0 Å². The van der Waals surface area contributed by atoms with Gasteiger partial charge in [0.1, 0.15) is 11.8 Å². The number of esters is 1. The summed E-state index contributed by atoms with van der Waals surface area (Å²) in [7, 11) is 0. The third-order valence-corrected chi connectivity index (χ3v) is 5.51. The Hall–Kier alpha value is -2.50. The summed E-state index contributed by atoms with van der Waals surface area (Å²) in [5, 5.41) is 13.2. The van der Waals surface area contributed by atoms with Crippen molar-refractivity contribution in [3.05, 3.63) is 69.7 Å². The molecule has 1 aliphatic heterocycles. The molecule has 0 fully saturated rings. The molecule has 3 atom stereocenters. The summed E-state index contributed by atoms with van der Waals surface area (Å²) in [4.78, 5) is 24.0. The van der Waals surface area contributed by atoms with Crippen molar-refractivity contribution in [2.45, 2.75) is 18.4 Å². The Bertz CT molecular complexity index is 972. The average Bonchev–Trinajstić information content (AvgIpc) is 3.10. The summed E-state index contributed by atoms with van der Waals surface area (Å²) in [5.41, 5.74) is 1.87. The second kappa shape index (κ2) is 6.91. The maximum Gasteiger partial charge on any atom is 0.345 e. The van der Waals surface area contributed by atoms with E-state index >= 15 is 0 Å². The summed E-state index contributed by atoms with van der Waals surface area (Å²) in [6, 6.07) is 9.07. The van der Waals surface area contributed by atoms with Crippen LogP contribution in [0.25, 0.3) is 0 Å². The van der Waals surface area contributed by atoms with Gasteiger partial charge in [-0.05, 0) is 48.4 Å². The highest BCUT2D eigenvalue weighted by Crippen LogP contribution is 2.45. The van der Waals surface area contributed by atoms with E-state index in [1.807, 2.05) is 12.2 Å². The zero-order chi connectivity index (χ0) is 19.1. The number of carbonyl (C=O) groups is 2. The Labute approximate surface area is 165 Å². The van der Waals surface area contributed by atoms with Crippen molar-refractivity contribution >= 4 is 40.8 Å². The number of carboxylic acids is 1. The van der Waals surface area contributed by atoms with Crippen LogP contribution in [-0.4, -0.2) is 23.1 Å². The van der Waals surface area contributed by atoms with E-state index in [0.717, 1.165) is 11.3 Å². The van der Waals surface area contributed by atoms with Gasteiger partial charge in [0.2, 0.25) is 0 Å². The van der Waals surface area contributed by atoms with Crippen LogP contribution in [0, 0.1) is 5.92 Å². The molecule has 0 aromatic heterocycles. The van der Waals surface area contributed by atoms with E-state index in [1.165, 1.54) is 12.1 Å². The van der Waals surface area contributed by atoms with E-state index in [1.54, 1.807) is 24.3 Å². The average molecular weight is 404 g/mol. The molecule has 0 amide bonds. The molecule has 27 heavy (non-hydrogen) atoms. The number of nitrogens with one attached hydrogen (secondary N) is 1. The van der Waals surface area contributed by atoms with Gasteiger partial charge < -0.3 is 15.2 Å². The Kier molecular flexibility index (Phi) is 4.58. The summed E-state index contributed by atoms with van der Waals surface area (Å²) >= 11 is 11.9. The van der Waals surface area contributed by atoms with Gasteiger partial charge in [-0.25, -0.2) is 9.59 Å². The minimum Gasteiger partial charge on any atom is -0.480 e. The van der Waals surface area contributed by atoms with Gasteiger partial charge in [-0.15, -0.1) is 0 Å². The lowest BCUT2D eigenvalue weighted by Gasteiger charge is -2.34. The third kappa shape index (κ3) is 3.29. The molecule has 7 heteroatoms. The number of fused-ring (bicyclic) bond motifs is 3. The summed E-state index contributed by atoms with van der Waals surface area (Å²) in [6.45, 7) is 0. The molecule has 0 unspecified atom stereocenters. The van der Waals surface area contributed by atoms with E-state index in [4.69, 9.17) is 27.9 Å². The highest BCUT2D eigenvalue weighted by molar-refractivity contribution is 6.36. The molecule has 138 valence electrons. The first kappa shape index (κ1) is 17.9. The molecular weight excluding hydrogens is 389 g/mol. The predicted octanol–water partition coefficient (Wildman–Crippen LogP) is 4.75. The van der Waals surface area contributed by atoms with Gasteiger partial charge in [0.25, 0.3) is 0 Å². The van der Waals surface area contributed by atoms with Crippen molar-refractivity contribution in [3.63, 3.8) is 0 Å². The number of ether oxygens (including phenoxy) is 1. The van der Waals surface area contributed by atoms with Crippen LogP contribution in [0.15, 0.2) is 48.6 Å². The first-order chi connectivity index (χ1) is 12.9. The van der Waals surface area contributed by atoms with Crippen molar-refractivity contribution in [2.24, 2.45) is 5.92 Å². The molecular formula is C20H15Cl2NO4. The predicted molar refractivity (Wildman–Crippen MR) is 103 cm³/mol. The number of hydrogen-bond donors (Lipinski definition) is 2. The van der Waals surface area contributed by atoms with Crippen LogP contribution in [0.2, 0.25) is 10.0 Å². The van der Waals surface area contributed by atoms with Crippen LogP contribution in [0.5, 0.6) is 5.75 Å². The Balaban J connectivity index is 1.62. The van der Waals surface area contributed by atoms with Crippen molar-refractivity contribution in [1.29, 1.82) is 0 Å². The van der Waals surface area contributed by atoms with Crippen LogP contribution < -0.4 is 10.1 Å². The number of carbonyl (C=O) groups excluding carboxylic acids is 1. The van der Waals surface area contributed by atoms with Crippen molar-refractivity contribution in [2.75, 3.05) is 5.32 Å². The molecule has 2 aliphatic rings. The second-order valence-corrected chi connectivity index (χ2v) is 7.42. The van der Waals surface area contributed by atoms with Crippen molar-refractivity contribution < 1.29 is 19.4 Å². The first-order valence-corrected chi connectivity index (χ1v) is 9.17. The van der Waals surface area contributed by atoms with Gasteiger partial charge in [0.15, 0.2) is 0 Å². The molecule has 0 bridgehead atoms. The van der Waals surface area contributed by atoms with Gasteiger partial charge >= 0.3 is 11.9 Å². The maximum atomic E-state index is 12.4. The number of rotatable bonds is 3. The number of allylic oxidation sites excluding steroid dienone is 2. The molecule has 0 saturated heterocycles. The molecule has 2 N–H and O–H groups in total. The first-order valence-electron chi connectivity index (χ1n) is 8.41. The number of carboxylic acid groups (broad SMARTS) is 1. The molecule has 4 rings (SSSR count). The van der Waals surface area contributed by atoms with Crippen LogP contribution in [0.3, 0.4) is 0 Å². The highest BCUT2D eigenvalue weighted by atomic mass is 35.5. The number of benzene rings is 2. The van der Waals surface area contributed by atoms with Gasteiger partial charge in [0, 0.05) is 22.5 Å². The molecule has 0 radical (unpaired) electrons. The van der Waals surface area contributed by atoms with Crippen LogP contribution >= 0.6 is 23.2 Å². The fraction of sp³-hybridized carbons (Fsp3) is 0.200. The second-order valence-electron chi connectivity index (χ2n) is 6.58. The highest BCUT2D eigenvalue weighted by Gasteiger charge is 2.40. The van der Waals surface area contributed by atoms with Crippen LogP contribution in [0.1, 0.15) is 28.3 Å². The summed E-state index contributed by atoms with van der Waals surface area (Å²) in [6.07, 6.45) is 4.70. The fourth-order valence-corrected chi connectivity index (χ4v) is 4.18. The van der Waals surface area contributed by atoms with Crippen molar-refractivity contribution in [1.82, 2.24) is 0 Å². The molecule has 2 aromatic rings. The van der Waals surface area contributed by atoms with Crippen LogP contribution in [-0.2, 0) is 4.79 Å². The molecule has 0 saturated carbocycles. The number of aliphatic carboxylic acids is 1. The van der Waals surface area contributed by atoms with E-state index < -0.39 is 18.0 Å². The van der Waals surface area contributed by atoms with Crippen molar-refractivity contribution in [3.8, 4) is 5.75 Å². The van der Waals surface area contributed by atoms with Crippen LogP contribution in [0.4, 0.5) is 5.69 Å². The third-order valence-electron chi connectivity index (χ3n) is 4.96. The Morgan fingerprint density at radius 1 is 1.15 bits per heavy atom. The molecule has 1 aliphatic carbocycles. The normalized spacial score (nSPS) is 22.5. The quantitative estimate of drug-likeness (QED) is 0.439. The molecule has 5 nitrogen and oxygen atoms in total. The number of halogens is 2.